The number of amides is 1. The Bertz CT molecular complexity index is 250. The molecule has 2 aliphatic rings. The lowest BCUT2D eigenvalue weighted by Crippen LogP contribution is -2.34. The summed E-state index contributed by atoms with van der Waals surface area (Å²) in [5.41, 5.74) is 0. The summed E-state index contributed by atoms with van der Waals surface area (Å²) in [4.78, 5) is 15.5. The first-order valence-electron chi connectivity index (χ1n) is 5.05. The summed E-state index contributed by atoms with van der Waals surface area (Å²) in [6.07, 6.45) is 2.14. The van der Waals surface area contributed by atoms with Gasteiger partial charge in [-0.15, -0.1) is 0 Å². The molecule has 0 radical (unpaired) electrons. The van der Waals surface area contributed by atoms with E-state index in [1.165, 1.54) is 0 Å². The van der Waals surface area contributed by atoms with Crippen LogP contribution in [0.15, 0.2) is 4.99 Å². The van der Waals surface area contributed by atoms with Gasteiger partial charge in [0.1, 0.15) is 0 Å². The van der Waals surface area contributed by atoms with E-state index in [1.54, 1.807) is 11.8 Å². The molecule has 0 unspecified atom stereocenters. The molecule has 14 heavy (non-hydrogen) atoms. The molecule has 0 saturated heterocycles. The molecule has 2 N–H and O–H groups in total. The van der Waals surface area contributed by atoms with Crippen molar-refractivity contribution in [3.63, 3.8) is 0 Å². The van der Waals surface area contributed by atoms with Gasteiger partial charge in [0, 0.05) is 24.8 Å². The third kappa shape index (κ3) is 2.90. The minimum atomic E-state index is 0.216. The van der Waals surface area contributed by atoms with Gasteiger partial charge in [0.15, 0.2) is 5.17 Å². The molecule has 1 heterocycles. The number of aliphatic imine (C=N–C) groups is 1. The molecule has 78 valence electrons. The van der Waals surface area contributed by atoms with Gasteiger partial charge < -0.3 is 10.6 Å². The smallest absolute Gasteiger partial charge is 0.223 e. The predicted molar refractivity (Wildman–Crippen MR) is 58.5 cm³/mol. The van der Waals surface area contributed by atoms with Gasteiger partial charge in [-0.1, -0.05) is 11.8 Å². The van der Waals surface area contributed by atoms with Crippen LogP contribution < -0.4 is 10.6 Å². The first kappa shape index (κ1) is 9.83. The normalized spacial score (nSPS) is 20.4. The van der Waals surface area contributed by atoms with Crippen molar-refractivity contribution in [2.45, 2.75) is 12.8 Å². The second kappa shape index (κ2) is 4.68. The summed E-state index contributed by atoms with van der Waals surface area (Å²) < 4.78 is 0. The second-order valence-electron chi connectivity index (χ2n) is 3.53. The van der Waals surface area contributed by atoms with Crippen molar-refractivity contribution >= 4 is 22.8 Å². The van der Waals surface area contributed by atoms with Crippen molar-refractivity contribution in [1.82, 2.24) is 10.6 Å². The monoisotopic (exact) mass is 213 g/mol. The van der Waals surface area contributed by atoms with E-state index in [0.29, 0.717) is 12.5 Å². The van der Waals surface area contributed by atoms with Crippen LogP contribution >= 0.6 is 11.8 Å². The van der Waals surface area contributed by atoms with E-state index in [0.717, 1.165) is 36.9 Å². The molecular formula is C9H15N3OS. The Hall–Kier alpha value is -0.710. The summed E-state index contributed by atoms with van der Waals surface area (Å²) in [6.45, 7) is 2.40. The number of rotatable bonds is 4. The van der Waals surface area contributed by atoms with Crippen LogP contribution in [0.1, 0.15) is 12.8 Å². The Morgan fingerprint density at radius 1 is 1.50 bits per heavy atom. The van der Waals surface area contributed by atoms with Crippen LogP contribution in [-0.4, -0.2) is 36.5 Å². The quantitative estimate of drug-likeness (QED) is 0.656. The maximum absolute atomic E-state index is 11.2. The number of nitrogens with one attached hydrogen (secondary N) is 2. The molecule has 0 aromatic carbocycles. The molecule has 5 heteroatoms. The van der Waals surface area contributed by atoms with Gasteiger partial charge in [0.25, 0.3) is 0 Å². The Morgan fingerprint density at radius 3 is 3.00 bits per heavy atom. The van der Waals surface area contributed by atoms with Crippen molar-refractivity contribution in [3.8, 4) is 0 Å². The standard InChI is InChI=1S/C9H15N3OS/c13-8(7-1-2-7)10-3-4-11-9-12-5-6-14-9/h7H,1-6H2,(H,10,13)(H,11,12). The van der Waals surface area contributed by atoms with E-state index in [-0.39, 0.29) is 5.91 Å². The molecule has 0 aromatic heterocycles. The van der Waals surface area contributed by atoms with Crippen molar-refractivity contribution in [3.05, 3.63) is 0 Å². The van der Waals surface area contributed by atoms with Crippen LogP contribution in [0, 0.1) is 5.92 Å². The van der Waals surface area contributed by atoms with Crippen LogP contribution in [-0.2, 0) is 4.79 Å². The SMILES string of the molecule is O=C(NCCNC1=NCCS1)C1CC1. The number of carbonyl (C=O) groups excluding carboxylic acids is 1. The lowest BCUT2D eigenvalue weighted by atomic mass is 10.4. The molecule has 1 aliphatic heterocycles. The first-order valence-corrected chi connectivity index (χ1v) is 6.03. The zero-order chi connectivity index (χ0) is 9.80. The Morgan fingerprint density at radius 2 is 2.36 bits per heavy atom. The van der Waals surface area contributed by atoms with Gasteiger partial charge >= 0.3 is 0 Å². The minimum Gasteiger partial charge on any atom is -0.363 e. The summed E-state index contributed by atoms with van der Waals surface area (Å²) in [7, 11) is 0. The molecule has 0 spiro atoms. The van der Waals surface area contributed by atoms with Crippen LogP contribution in [0.3, 0.4) is 0 Å². The molecule has 2 rings (SSSR count). The maximum atomic E-state index is 11.2. The number of hydrogen-bond acceptors (Lipinski definition) is 4. The maximum Gasteiger partial charge on any atom is 0.223 e. The fraction of sp³-hybridized carbons (Fsp3) is 0.778. The fourth-order valence-electron chi connectivity index (χ4n) is 1.29. The third-order valence-corrected chi connectivity index (χ3v) is 3.17. The molecule has 0 atom stereocenters. The zero-order valence-electron chi connectivity index (χ0n) is 8.08. The van der Waals surface area contributed by atoms with Crippen LogP contribution in [0.4, 0.5) is 0 Å². The summed E-state index contributed by atoms with van der Waals surface area (Å²) in [5, 5.41) is 7.12. The molecule has 1 fully saturated rings. The van der Waals surface area contributed by atoms with Crippen molar-refractivity contribution < 1.29 is 4.79 Å². The average molecular weight is 213 g/mol. The third-order valence-electron chi connectivity index (χ3n) is 2.23. The number of amidine groups is 1. The largest absolute Gasteiger partial charge is 0.363 e. The molecule has 0 aromatic rings. The topological polar surface area (TPSA) is 53.5 Å². The lowest BCUT2D eigenvalue weighted by molar-refractivity contribution is -0.122. The van der Waals surface area contributed by atoms with Crippen molar-refractivity contribution in [1.29, 1.82) is 0 Å². The van der Waals surface area contributed by atoms with Gasteiger partial charge in [0.2, 0.25) is 5.91 Å². The summed E-state index contributed by atoms with van der Waals surface area (Å²) >= 11 is 1.75. The highest BCUT2D eigenvalue weighted by Gasteiger charge is 2.28. The van der Waals surface area contributed by atoms with Gasteiger partial charge in [-0.25, -0.2) is 0 Å². The highest BCUT2D eigenvalue weighted by atomic mass is 32.2. The number of hydrogen-bond donors (Lipinski definition) is 2. The van der Waals surface area contributed by atoms with Gasteiger partial charge in [-0.2, -0.15) is 0 Å². The van der Waals surface area contributed by atoms with E-state index in [2.05, 4.69) is 15.6 Å². The summed E-state index contributed by atoms with van der Waals surface area (Å²) in [6, 6.07) is 0. The molecular weight excluding hydrogens is 198 g/mol. The van der Waals surface area contributed by atoms with E-state index in [1.807, 2.05) is 0 Å². The molecule has 1 amide bonds. The predicted octanol–water partition coefficient (Wildman–Crippen LogP) is 0.205. The van der Waals surface area contributed by atoms with E-state index < -0.39 is 0 Å². The van der Waals surface area contributed by atoms with Crippen LogP contribution in [0.5, 0.6) is 0 Å². The number of thioether (sulfide) groups is 1. The average Bonchev–Trinajstić information content (AvgIpc) is 2.92. The number of carbonyl (C=O) groups is 1. The molecule has 4 nitrogen and oxygen atoms in total. The first-order chi connectivity index (χ1) is 6.86. The molecule has 0 bridgehead atoms. The lowest BCUT2D eigenvalue weighted by Gasteiger charge is -2.06. The Balaban J connectivity index is 1.52. The van der Waals surface area contributed by atoms with Gasteiger partial charge in [-0.3, -0.25) is 9.79 Å². The van der Waals surface area contributed by atoms with Gasteiger partial charge in [-0.05, 0) is 12.8 Å². The highest BCUT2D eigenvalue weighted by molar-refractivity contribution is 8.14. The van der Waals surface area contributed by atoms with Crippen molar-refractivity contribution in [2.24, 2.45) is 10.9 Å². The number of nitrogens with zero attached hydrogens (tertiary/aromatic N) is 1. The van der Waals surface area contributed by atoms with E-state index >= 15 is 0 Å². The molecule has 1 saturated carbocycles. The van der Waals surface area contributed by atoms with Crippen molar-refractivity contribution in [2.75, 3.05) is 25.4 Å². The Kier molecular flexibility index (Phi) is 3.29. The van der Waals surface area contributed by atoms with E-state index in [4.69, 9.17) is 0 Å². The highest BCUT2D eigenvalue weighted by Crippen LogP contribution is 2.28. The molecule has 1 aliphatic carbocycles. The minimum absolute atomic E-state index is 0.216. The fourth-order valence-corrected chi connectivity index (χ4v) is 2.05. The summed E-state index contributed by atoms with van der Waals surface area (Å²) in [5.74, 6) is 1.61. The zero-order valence-corrected chi connectivity index (χ0v) is 8.90. The van der Waals surface area contributed by atoms with Crippen LogP contribution in [0.25, 0.3) is 0 Å². The van der Waals surface area contributed by atoms with Crippen LogP contribution in [0.2, 0.25) is 0 Å². The van der Waals surface area contributed by atoms with E-state index in [9.17, 15) is 4.79 Å². The second-order valence-corrected chi connectivity index (χ2v) is 4.61. The van der Waals surface area contributed by atoms with Gasteiger partial charge in [0.05, 0.1) is 6.54 Å². The Labute approximate surface area is 87.9 Å².